The second kappa shape index (κ2) is 6.42. The van der Waals surface area contributed by atoms with Gasteiger partial charge in [-0.15, -0.1) is 0 Å². The molecule has 24 heavy (non-hydrogen) atoms. The van der Waals surface area contributed by atoms with Crippen LogP contribution in [0.4, 0.5) is 0 Å². The molecule has 2 unspecified atom stereocenters. The van der Waals surface area contributed by atoms with Crippen LogP contribution in [0.15, 0.2) is 30.3 Å². The minimum absolute atomic E-state index is 0.102. The van der Waals surface area contributed by atoms with Gasteiger partial charge in [0, 0.05) is 16.8 Å². The number of aliphatic hydroxyl groups excluding tert-OH is 4. The lowest BCUT2D eigenvalue weighted by molar-refractivity contribution is -0.277. The fourth-order valence-corrected chi connectivity index (χ4v) is 2.70. The van der Waals surface area contributed by atoms with Crippen LogP contribution in [0.25, 0.3) is 10.8 Å². The first kappa shape index (κ1) is 16.7. The Morgan fingerprint density at radius 1 is 0.958 bits per heavy atom. The lowest BCUT2D eigenvalue weighted by Crippen LogP contribution is -2.60. The highest BCUT2D eigenvalue weighted by atomic mass is 16.7. The molecule has 1 heterocycles. The lowest BCUT2D eigenvalue weighted by Gasteiger charge is -2.39. The Balaban J connectivity index is 1.96. The van der Waals surface area contributed by atoms with Crippen molar-refractivity contribution in [2.75, 3.05) is 6.61 Å². The van der Waals surface area contributed by atoms with Gasteiger partial charge in [0.2, 0.25) is 6.29 Å². The third kappa shape index (κ3) is 2.74. The monoisotopic (exact) mass is 338 g/mol. The number of hydrogen-bond donors (Lipinski definition) is 6. The highest BCUT2D eigenvalue weighted by Gasteiger charge is 2.44. The van der Waals surface area contributed by atoms with Gasteiger partial charge >= 0.3 is 0 Å². The predicted octanol–water partition coefficient (Wildman–Crippen LogP) is -0.570. The summed E-state index contributed by atoms with van der Waals surface area (Å²) in [6, 6.07) is 7.72. The molecule has 0 saturated carbocycles. The van der Waals surface area contributed by atoms with Crippen LogP contribution < -0.4 is 4.74 Å². The van der Waals surface area contributed by atoms with E-state index in [1.165, 1.54) is 0 Å². The maximum absolute atomic E-state index is 10.0. The number of benzene rings is 2. The molecule has 0 bridgehead atoms. The van der Waals surface area contributed by atoms with E-state index < -0.39 is 43.1 Å². The Morgan fingerprint density at radius 3 is 2.29 bits per heavy atom. The van der Waals surface area contributed by atoms with Crippen molar-refractivity contribution in [3.8, 4) is 17.2 Å². The van der Waals surface area contributed by atoms with Crippen molar-refractivity contribution in [1.29, 1.82) is 0 Å². The van der Waals surface area contributed by atoms with Crippen LogP contribution >= 0.6 is 0 Å². The molecule has 2 aromatic rings. The minimum Gasteiger partial charge on any atom is -0.504 e. The topological polar surface area (TPSA) is 140 Å². The zero-order valence-electron chi connectivity index (χ0n) is 12.5. The molecule has 130 valence electrons. The highest BCUT2D eigenvalue weighted by Crippen LogP contribution is 2.40. The van der Waals surface area contributed by atoms with Crippen LogP contribution in [0.1, 0.15) is 0 Å². The van der Waals surface area contributed by atoms with Crippen LogP contribution in [0.2, 0.25) is 0 Å². The Morgan fingerprint density at radius 2 is 1.62 bits per heavy atom. The molecule has 0 spiro atoms. The number of aromatic hydroxyl groups is 2. The smallest absolute Gasteiger partial charge is 0.229 e. The van der Waals surface area contributed by atoms with E-state index >= 15 is 0 Å². The van der Waals surface area contributed by atoms with E-state index in [4.69, 9.17) is 9.47 Å². The molecule has 2 aromatic carbocycles. The number of fused-ring (bicyclic) bond motifs is 1. The van der Waals surface area contributed by atoms with Gasteiger partial charge in [0.1, 0.15) is 30.2 Å². The van der Waals surface area contributed by atoms with Gasteiger partial charge in [-0.2, -0.15) is 0 Å². The largest absolute Gasteiger partial charge is 0.504 e. The number of ether oxygens (including phenoxy) is 2. The zero-order chi connectivity index (χ0) is 17.4. The Bertz CT molecular complexity index is 731. The molecule has 0 aromatic heterocycles. The van der Waals surface area contributed by atoms with Crippen molar-refractivity contribution < 1.29 is 40.1 Å². The molecule has 6 N–H and O–H groups in total. The van der Waals surface area contributed by atoms with Crippen molar-refractivity contribution in [2.45, 2.75) is 30.7 Å². The minimum atomic E-state index is -1.57. The molecule has 0 aliphatic carbocycles. The Kier molecular flexibility index (Phi) is 4.48. The van der Waals surface area contributed by atoms with E-state index in [0.29, 0.717) is 10.8 Å². The number of hydrogen-bond acceptors (Lipinski definition) is 8. The van der Waals surface area contributed by atoms with Crippen LogP contribution in [-0.2, 0) is 4.74 Å². The third-order valence-electron chi connectivity index (χ3n) is 4.05. The predicted molar refractivity (Wildman–Crippen MR) is 81.7 cm³/mol. The quantitative estimate of drug-likeness (QED) is 0.409. The van der Waals surface area contributed by atoms with Gasteiger partial charge in [0.05, 0.1) is 6.61 Å². The van der Waals surface area contributed by atoms with E-state index in [2.05, 4.69) is 0 Å². The first-order valence-corrected chi connectivity index (χ1v) is 7.35. The lowest BCUT2D eigenvalue weighted by atomic mass is 9.99. The second-order valence-electron chi connectivity index (χ2n) is 5.60. The first-order valence-electron chi connectivity index (χ1n) is 7.35. The molecule has 8 heteroatoms. The van der Waals surface area contributed by atoms with E-state index in [1.807, 2.05) is 0 Å². The summed E-state index contributed by atoms with van der Waals surface area (Å²) in [6.07, 6.45) is -7.12. The van der Waals surface area contributed by atoms with Crippen molar-refractivity contribution in [1.82, 2.24) is 0 Å². The molecule has 1 aliphatic rings. The average molecular weight is 338 g/mol. The van der Waals surface area contributed by atoms with Crippen molar-refractivity contribution in [2.24, 2.45) is 0 Å². The van der Waals surface area contributed by atoms with E-state index in [-0.39, 0.29) is 11.5 Å². The summed E-state index contributed by atoms with van der Waals surface area (Å²) in [6.45, 7) is -0.577. The van der Waals surface area contributed by atoms with E-state index in [1.54, 1.807) is 24.3 Å². The molecule has 3 rings (SSSR count). The van der Waals surface area contributed by atoms with Gasteiger partial charge in [-0.05, 0) is 0 Å². The number of rotatable bonds is 3. The second-order valence-corrected chi connectivity index (χ2v) is 5.60. The molecule has 1 saturated heterocycles. The standard InChI is InChI=1S/C16H18O8/c17-6-11-13(20)14(21)15(22)16(24-11)23-10-5-9(18)12(19)8-4-2-1-3-7(8)10/h1-5,11,13-22H,6H2/t11?,13-,14+,15+,16?/m1/s1. The molecular formula is C16H18O8. The summed E-state index contributed by atoms with van der Waals surface area (Å²) in [5.74, 6) is -0.634. The average Bonchev–Trinajstić information content (AvgIpc) is 2.59. The molecule has 8 nitrogen and oxygen atoms in total. The van der Waals surface area contributed by atoms with Gasteiger partial charge in [-0.3, -0.25) is 0 Å². The highest BCUT2D eigenvalue weighted by molar-refractivity contribution is 5.95. The summed E-state index contributed by atoms with van der Waals surface area (Å²) >= 11 is 0. The Labute approximate surface area is 136 Å². The van der Waals surface area contributed by atoms with Gasteiger partial charge in [-0.1, -0.05) is 24.3 Å². The van der Waals surface area contributed by atoms with E-state index in [9.17, 15) is 30.6 Å². The van der Waals surface area contributed by atoms with Gasteiger partial charge in [0.15, 0.2) is 11.5 Å². The summed E-state index contributed by atoms with van der Waals surface area (Å²) in [5, 5.41) is 59.3. The van der Waals surface area contributed by atoms with Gasteiger partial charge in [-0.25, -0.2) is 0 Å². The zero-order valence-corrected chi connectivity index (χ0v) is 12.5. The third-order valence-corrected chi connectivity index (χ3v) is 4.05. The summed E-state index contributed by atoms with van der Waals surface area (Å²) in [7, 11) is 0. The normalized spacial score (nSPS) is 30.4. The summed E-state index contributed by atoms with van der Waals surface area (Å²) in [4.78, 5) is 0. The van der Waals surface area contributed by atoms with Crippen LogP contribution in [0.5, 0.6) is 17.2 Å². The molecule has 5 atom stereocenters. The van der Waals surface area contributed by atoms with Crippen molar-refractivity contribution in [3.05, 3.63) is 30.3 Å². The molecular weight excluding hydrogens is 320 g/mol. The van der Waals surface area contributed by atoms with Gasteiger partial charge < -0.3 is 40.1 Å². The number of aliphatic hydroxyl groups is 4. The first-order chi connectivity index (χ1) is 11.4. The maximum Gasteiger partial charge on any atom is 0.229 e. The van der Waals surface area contributed by atoms with Gasteiger partial charge in [0.25, 0.3) is 0 Å². The van der Waals surface area contributed by atoms with Crippen LogP contribution in [0, 0.1) is 0 Å². The summed E-state index contributed by atoms with van der Waals surface area (Å²) < 4.78 is 10.8. The maximum atomic E-state index is 10.0. The van der Waals surface area contributed by atoms with Crippen LogP contribution in [-0.4, -0.2) is 68.0 Å². The van der Waals surface area contributed by atoms with E-state index in [0.717, 1.165) is 6.07 Å². The Hall–Kier alpha value is -2.10. The molecule has 1 aliphatic heterocycles. The molecule has 0 radical (unpaired) electrons. The van der Waals surface area contributed by atoms with Crippen molar-refractivity contribution in [3.63, 3.8) is 0 Å². The fourth-order valence-electron chi connectivity index (χ4n) is 2.70. The molecule has 0 amide bonds. The molecule has 1 fully saturated rings. The SMILES string of the molecule is OCC1OC(Oc2cc(O)c(O)c3ccccc23)[C@@H](O)[C@@H](O)[C@@H]1O. The fraction of sp³-hybridized carbons (Fsp3) is 0.375. The number of phenols is 2. The number of phenolic OH excluding ortho intramolecular Hbond substituents is 2. The van der Waals surface area contributed by atoms with Crippen molar-refractivity contribution >= 4 is 10.8 Å². The summed E-state index contributed by atoms with van der Waals surface area (Å²) in [5.41, 5.74) is 0. The van der Waals surface area contributed by atoms with Crippen LogP contribution in [0.3, 0.4) is 0 Å².